The number of rotatable bonds is 7. The zero-order valence-corrected chi connectivity index (χ0v) is 16.3. The second-order valence-electron chi connectivity index (χ2n) is 7.49. The molecule has 4 rings (SSSR count). The van der Waals surface area contributed by atoms with Gasteiger partial charge in [0, 0.05) is 43.8 Å². The molecule has 0 radical (unpaired) electrons. The van der Waals surface area contributed by atoms with Crippen molar-refractivity contribution < 1.29 is 9.13 Å². The second-order valence-corrected chi connectivity index (χ2v) is 7.49. The van der Waals surface area contributed by atoms with Crippen molar-refractivity contribution >= 4 is 11.5 Å². The van der Waals surface area contributed by atoms with Gasteiger partial charge in [-0.3, -0.25) is 4.90 Å². The van der Waals surface area contributed by atoms with Gasteiger partial charge in [-0.2, -0.15) is 9.97 Å². The number of nitrogens with two attached hydrogens (primary N) is 1. The smallest absolute Gasteiger partial charge is 0.318 e. The topological polar surface area (TPSA) is 88.3 Å². The molecule has 1 aromatic heterocycles. The molecule has 7 nitrogen and oxygen atoms in total. The predicted molar refractivity (Wildman–Crippen MR) is 107 cm³/mol. The van der Waals surface area contributed by atoms with Crippen LogP contribution in [0, 0.1) is 12.7 Å². The third kappa shape index (κ3) is 3.88. The first-order chi connectivity index (χ1) is 13.5. The number of anilines is 2. The molecule has 2 aromatic rings. The third-order valence-corrected chi connectivity index (χ3v) is 5.51. The second kappa shape index (κ2) is 7.89. The standard InChI is InChI=1S/C20H27FN6O/c1-3-28-20-25-12(2)18(22)19(26-20)24-8-14-5-4-13(6-17(14)21)10-27-11-15-7-16(27)9-23-15/h4-6,15-16,23H,3,7-11,22H2,1-2H3,(H,24,25,26). The van der Waals surface area contributed by atoms with Gasteiger partial charge in [-0.15, -0.1) is 0 Å². The van der Waals surface area contributed by atoms with Gasteiger partial charge in [0.25, 0.3) is 0 Å². The van der Waals surface area contributed by atoms with Crippen LogP contribution in [0.25, 0.3) is 0 Å². The van der Waals surface area contributed by atoms with Gasteiger partial charge in [-0.05, 0) is 31.9 Å². The number of aryl methyl sites for hydroxylation is 1. The van der Waals surface area contributed by atoms with Gasteiger partial charge >= 0.3 is 6.01 Å². The van der Waals surface area contributed by atoms with Crippen molar-refractivity contribution in [3.05, 3.63) is 40.8 Å². The Morgan fingerprint density at radius 1 is 1.39 bits per heavy atom. The molecule has 2 fully saturated rings. The van der Waals surface area contributed by atoms with Crippen LogP contribution in [0.2, 0.25) is 0 Å². The maximum atomic E-state index is 14.6. The van der Waals surface area contributed by atoms with Crippen molar-refractivity contribution in [1.29, 1.82) is 0 Å². The van der Waals surface area contributed by atoms with Crippen LogP contribution in [0.1, 0.15) is 30.2 Å². The molecule has 8 heteroatoms. The van der Waals surface area contributed by atoms with Crippen molar-refractivity contribution in [3.63, 3.8) is 0 Å². The predicted octanol–water partition coefficient (Wildman–Crippen LogP) is 2.06. The van der Waals surface area contributed by atoms with Crippen LogP contribution in [0.3, 0.4) is 0 Å². The minimum Gasteiger partial charge on any atom is -0.464 e. The van der Waals surface area contributed by atoms with E-state index in [1.54, 1.807) is 13.0 Å². The van der Waals surface area contributed by atoms with E-state index < -0.39 is 0 Å². The van der Waals surface area contributed by atoms with Crippen LogP contribution in [0.5, 0.6) is 6.01 Å². The third-order valence-electron chi connectivity index (χ3n) is 5.51. The lowest BCUT2D eigenvalue weighted by Crippen LogP contribution is -2.42. The summed E-state index contributed by atoms with van der Waals surface area (Å²) in [5, 5.41) is 6.60. The monoisotopic (exact) mass is 386 g/mol. The zero-order valence-electron chi connectivity index (χ0n) is 16.3. The zero-order chi connectivity index (χ0) is 19.7. The summed E-state index contributed by atoms with van der Waals surface area (Å²) in [6, 6.07) is 6.91. The van der Waals surface area contributed by atoms with Gasteiger partial charge in [0.2, 0.25) is 0 Å². The van der Waals surface area contributed by atoms with Gasteiger partial charge in [-0.25, -0.2) is 4.39 Å². The first kappa shape index (κ1) is 18.9. The number of halogens is 1. The van der Waals surface area contributed by atoms with Crippen LogP contribution < -0.4 is 21.1 Å². The summed E-state index contributed by atoms with van der Waals surface area (Å²) in [5.41, 5.74) is 8.70. The van der Waals surface area contributed by atoms with Crippen LogP contribution in [0.4, 0.5) is 15.9 Å². The van der Waals surface area contributed by atoms with E-state index in [1.165, 1.54) is 6.42 Å². The molecule has 0 spiro atoms. The maximum Gasteiger partial charge on any atom is 0.318 e. The Bertz CT molecular complexity index is 861. The number of likely N-dealkylation sites (tertiary alicyclic amines) is 1. The van der Waals surface area contributed by atoms with E-state index >= 15 is 0 Å². The molecular weight excluding hydrogens is 359 g/mol. The van der Waals surface area contributed by atoms with Crippen molar-refractivity contribution in [1.82, 2.24) is 20.2 Å². The molecule has 0 aliphatic carbocycles. The minimum atomic E-state index is -0.220. The molecule has 0 saturated carbocycles. The molecule has 2 saturated heterocycles. The van der Waals surface area contributed by atoms with E-state index in [4.69, 9.17) is 10.5 Å². The van der Waals surface area contributed by atoms with Crippen molar-refractivity contribution in [2.24, 2.45) is 0 Å². The molecule has 2 unspecified atom stereocenters. The minimum absolute atomic E-state index is 0.220. The number of nitrogen functional groups attached to an aromatic ring is 1. The lowest BCUT2D eigenvalue weighted by atomic mass is 10.1. The highest BCUT2D eigenvalue weighted by atomic mass is 19.1. The van der Waals surface area contributed by atoms with E-state index in [2.05, 4.69) is 25.5 Å². The number of nitrogens with one attached hydrogen (secondary N) is 2. The van der Waals surface area contributed by atoms with E-state index in [0.29, 0.717) is 41.5 Å². The van der Waals surface area contributed by atoms with Crippen LogP contribution >= 0.6 is 0 Å². The van der Waals surface area contributed by atoms with Gasteiger partial charge in [0.15, 0.2) is 5.82 Å². The Morgan fingerprint density at radius 2 is 2.25 bits per heavy atom. The fraction of sp³-hybridized carbons (Fsp3) is 0.500. The molecule has 1 aromatic carbocycles. The Balaban J connectivity index is 1.41. The molecule has 150 valence electrons. The Hall–Kier alpha value is -2.45. The average molecular weight is 386 g/mol. The largest absolute Gasteiger partial charge is 0.464 e. The first-order valence-electron chi connectivity index (χ1n) is 9.79. The molecule has 0 amide bonds. The summed E-state index contributed by atoms with van der Waals surface area (Å²) in [7, 11) is 0. The van der Waals surface area contributed by atoms with Gasteiger partial charge in [-0.1, -0.05) is 12.1 Å². The number of hydrogen-bond donors (Lipinski definition) is 3. The number of benzene rings is 1. The number of piperazine rings is 1. The van der Waals surface area contributed by atoms with Crippen molar-refractivity contribution in [2.45, 2.75) is 45.4 Å². The fourth-order valence-electron chi connectivity index (χ4n) is 3.97. The number of ether oxygens (including phenoxy) is 1. The first-order valence-corrected chi connectivity index (χ1v) is 9.79. The summed E-state index contributed by atoms with van der Waals surface area (Å²) in [4.78, 5) is 10.9. The summed E-state index contributed by atoms with van der Waals surface area (Å²) < 4.78 is 20.0. The molecule has 4 N–H and O–H groups in total. The Kier molecular flexibility index (Phi) is 5.32. The lowest BCUT2D eigenvalue weighted by molar-refractivity contribution is 0.217. The van der Waals surface area contributed by atoms with Crippen LogP contribution in [-0.2, 0) is 13.1 Å². The molecule has 2 bridgehead atoms. The molecule has 2 aliphatic heterocycles. The van der Waals surface area contributed by atoms with Crippen molar-refractivity contribution in [2.75, 3.05) is 30.7 Å². The SMILES string of the molecule is CCOc1nc(C)c(N)c(NCc2ccc(CN3CC4CC3CN4)cc2F)n1. The van der Waals surface area contributed by atoms with E-state index in [9.17, 15) is 4.39 Å². The molecule has 28 heavy (non-hydrogen) atoms. The Morgan fingerprint density at radius 3 is 2.93 bits per heavy atom. The van der Waals surface area contributed by atoms with Gasteiger partial charge < -0.3 is 21.1 Å². The Labute approximate surface area is 164 Å². The van der Waals surface area contributed by atoms with Gasteiger partial charge in [0.1, 0.15) is 5.82 Å². The maximum absolute atomic E-state index is 14.6. The van der Waals surface area contributed by atoms with E-state index in [0.717, 1.165) is 25.2 Å². The number of aromatic nitrogens is 2. The quantitative estimate of drug-likeness (QED) is 0.671. The summed E-state index contributed by atoms with van der Waals surface area (Å²) in [6.45, 7) is 7.29. The highest BCUT2D eigenvalue weighted by Crippen LogP contribution is 2.26. The molecule has 3 heterocycles. The lowest BCUT2D eigenvalue weighted by Gasteiger charge is -2.27. The van der Waals surface area contributed by atoms with Crippen LogP contribution in [0.15, 0.2) is 18.2 Å². The molecule has 2 atom stereocenters. The van der Waals surface area contributed by atoms with E-state index in [-0.39, 0.29) is 18.4 Å². The van der Waals surface area contributed by atoms with E-state index in [1.807, 2.05) is 19.1 Å². The van der Waals surface area contributed by atoms with Crippen LogP contribution in [-0.4, -0.2) is 46.6 Å². The molecule has 2 aliphatic rings. The number of nitrogens with zero attached hydrogens (tertiary/aromatic N) is 3. The number of hydrogen-bond acceptors (Lipinski definition) is 7. The summed E-state index contributed by atoms with van der Waals surface area (Å²) in [6.07, 6.45) is 1.20. The highest BCUT2D eigenvalue weighted by molar-refractivity contribution is 5.64. The van der Waals surface area contributed by atoms with Gasteiger partial charge in [0.05, 0.1) is 18.0 Å². The average Bonchev–Trinajstić information content (AvgIpc) is 3.28. The summed E-state index contributed by atoms with van der Waals surface area (Å²) in [5.74, 6) is 0.238. The fourth-order valence-corrected chi connectivity index (χ4v) is 3.97. The summed E-state index contributed by atoms with van der Waals surface area (Å²) >= 11 is 0. The number of fused-ring (bicyclic) bond motifs is 2. The van der Waals surface area contributed by atoms with Crippen molar-refractivity contribution in [3.8, 4) is 6.01 Å². The highest BCUT2D eigenvalue weighted by Gasteiger charge is 2.37. The molecular formula is C20H27FN6O. The normalized spacial score (nSPS) is 21.2.